The Morgan fingerprint density at radius 3 is 2.30 bits per heavy atom. The maximum Gasteiger partial charge on any atom is 0.312 e. The standard InChI is InChI=1S/C16H24O4/c1-9(2)13(6-14(17)18)20-15(19)16-7-10-3-11(8-16)5-12(16)4-10/h9-13H,3-8H2,1-2H3,(H,17,18). The molecule has 4 rings (SSSR count). The summed E-state index contributed by atoms with van der Waals surface area (Å²) in [6, 6.07) is 0. The van der Waals surface area contributed by atoms with Gasteiger partial charge in [0.25, 0.3) is 0 Å². The van der Waals surface area contributed by atoms with E-state index in [1.54, 1.807) is 0 Å². The highest BCUT2D eigenvalue weighted by molar-refractivity contribution is 5.79. The van der Waals surface area contributed by atoms with Crippen LogP contribution >= 0.6 is 0 Å². The van der Waals surface area contributed by atoms with E-state index in [0.717, 1.165) is 12.8 Å². The lowest BCUT2D eigenvalue weighted by Crippen LogP contribution is -2.38. The number of carbonyl (C=O) groups is 2. The van der Waals surface area contributed by atoms with Crippen molar-refractivity contribution in [3.05, 3.63) is 0 Å². The lowest BCUT2D eigenvalue weighted by atomic mass is 9.75. The van der Waals surface area contributed by atoms with E-state index in [9.17, 15) is 9.59 Å². The maximum absolute atomic E-state index is 12.7. The van der Waals surface area contributed by atoms with Crippen LogP contribution in [0.1, 0.15) is 52.4 Å². The number of carbonyl (C=O) groups excluding carboxylic acids is 1. The van der Waals surface area contributed by atoms with Gasteiger partial charge in [-0.25, -0.2) is 0 Å². The van der Waals surface area contributed by atoms with Gasteiger partial charge in [-0.1, -0.05) is 13.8 Å². The highest BCUT2D eigenvalue weighted by Crippen LogP contribution is 2.65. The monoisotopic (exact) mass is 280 g/mol. The maximum atomic E-state index is 12.7. The molecule has 4 nitrogen and oxygen atoms in total. The predicted octanol–water partition coefficient (Wildman–Crippen LogP) is 2.86. The topological polar surface area (TPSA) is 63.6 Å². The van der Waals surface area contributed by atoms with E-state index in [-0.39, 0.29) is 23.7 Å². The lowest BCUT2D eigenvalue weighted by molar-refractivity contribution is -0.168. The van der Waals surface area contributed by atoms with Crippen molar-refractivity contribution in [3.8, 4) is 0 Å². The molecule has 4 heteroatoms. The number of esters is 1. The SMILES string of the molecule is CC(C)C(CC(=O)O)OC(=O)C12CC3CC(CC1C3)C2. The van der Waals surface area contributed by atoms with Crippen molar-refractivity contribution < 1.29 is 19.4 Å². The Hall–Kier alpha value is -1.06. The van der Waals surface area contributed by atoms with E-state index in [0.29, 0.717) is 17.8 Å². The minimum absolute atomic E-state index is 0.0437. The molecule has 3 atom stereocenters. The first-order chi connectivity index (χ1) is 9.40. The number of hydrogen-bond donors (Lipinski definition) is 1. The molecular weight excluding hydrogens is 256 g/mol. The zero-order chi connectivity index (χ0) is 14.5. The molecular formula is C16H24O4. The van der Waals surface area contributed by atoms with Crippen molar-refractivity contribution in [2.75, 3.05) is 0 Å². The largest absolute Gasteiger partial charge is 0.481 e. The molecule has 112 valence electrons. The summed E-state index contributed by atoms with van der Waals surface area (Å²) in [5, 5.41) is 8.95. The molecule has 4 aliphatic rings. The number of carboxylic acids is 1. The highest BCUT2D eigenvalue weighted by atomic mass is 16.5. The zero-order valence-electron chi connectivity index (χ0n) is 12.3. The lowest BCUT2D eigenvalue weighted by Gasteiger charge is -2.32. The molecule has 0 radical (unpaired) electrons. The van der Waals surface area contributed by atoms with Crippen LogP contribution in [0.4, 0.5) is 0 Å². The Labute approximate surface area is 119 Å². The summed E-state index contributed by atoms with van der Waals surface area (Å²) >= 11 is 0. The Bertz CT molecular complexity index is 414. The fraction of sp³-hybridized carbons (Fsp3) is 0.875. The van der Waals surface area contributed by atoms with Crippen LogP contribution < -0.4 is 0 Å². The molecule has 20 heavy (non-hydrogen) atoms. The van der Waals surface area contributed by atoms with Gasteiger partial charge < -0.3 is 9.84 Å². The van der Waals surface area contributed by atoms with E-state index < -0.39 is 12.1 Å². The van der Waals surface area contributed by atoms with Gasteiger partial charge in [-0.2, -0.15) is 0 Å². The second kappa shape index (κ2) is 4.74. The van der Waals surface area contributed by atoms with Crippen LogP contribution in [0.3, 0.4) is 0 Å². The average Bonchev–Trinajstić information content (AvgIpc) is 2.74. The highest BCUT2D eigenvalue weighted by Gasteiger charge is 2.62. The fourth-order valence-corrected chi connectivity index (χ4v) is 4.97. The first-order valence-electron chi connectivity index (χ1n) is 7.83. The first-order valence-corrected chi connectivity index (χ1v) is 7.83. The third-order valence-corrected chi connectivity index (χ3v) is 5.77. The van der Waals surface area contributed by atoms with E-state index in [1.165, 1.54) is 19.3 Å². The predicted molar refractivity (Wildman–Crippen MR) is 73.0 cm³/mol. The Balaban J connectivity index is 1.71. The molecule has 4 saturated carbocycles. The van der Waals surface area contributed by atoms with Crippen LogP contribution in [0.15, 0.2) is 0 Å². The van der Waals surface area contributed by atoms with Crippen molar-refractivity contribution >= 4 is 11.9 Å². The van der Waals surface area contributed by atoms with Crippen molar-refractivity contribution in [3.63, 3.8) is 0 Å². The van der Waals surface area contributed by atoms with Crippen LogP contribution in [-0.2, 0) is 14.3 Å². The molecule has 4 aliphatic carbocycles. The number of rotatable bonds is 5. The average molecular weight is 280 g/mol. The molecule has 0 aromatic rings. The molecule has 0 aliphatic heterocycles. The summed E-state index contributed by atoms with van der Waals surface area (Å²) in [6.45, 7) is 3.83. The van der Waals surface area contributed by atoms with Crippen LogP contribution in [0.5, 0.6) is 0 Å². The van der Waals surface area contributed by atoms with Crippen LogP contribution in [-0.4, -0.2) is 23.1 Å². The van der Waals surface area contributed by atoms with Crippen molar-refractivity contribution in [1.82, 2.24) is 0 Å². The van der Waals surface area contributed by atoms with Gasteiger partial charge >= 0.3 is 11.9 Å². The second-order valence-corrected chi connectivity index (χ2v) is 7.49. The van der Waals surface area contributed by atoms with Gasteiger partial charge in [-0.15, -0.1) is 0 Å². The Morgan fingerprint density at radius 1 is 1.20 bits per heavy atom. The van der Waals surface area contributed by atoms with E-state index in [2.05, 4.69) is 0 Å². The van der Waals surface area contributed by atoms with Crippen molar-refractivity contribution in [1.29, 1.82) is 0 Å². The molecule has 1 N–H and O–H groups in total. The van der Waals surface area contributed by atoms with Crippen LogP contribution in [0.2, 0.25) is 0 Å². The molecule has 0 amide bonds. The third-order valence-electron chi connectivity index (χ3n) is 5.77. The minimum atomic E-state index is -0.897. The Morgan fingerprint density at radius 2 is 1.80 bits per heavy atom. The van der Waals surface area contributed by atoms with Gasteiger partial charge in [-0.3, -0.25) is 9.59 Å². The summed E-state index contributed by atoms with van der Waals surface area (Å²) in [7, 11) is 0. The van der Waals surface area contributed by atoms with Gasteiger partial charge in [-0.05, 0) is 55.8 Å². The number of hydrogen-bond acceptors (Lipinski definition) is 3. The van der Waals surface area contributed by atoms with Crippen LogP contribution in [0, 0.1) is 29.1 Å². The fourth-order valence-electron chi connectivity index (χ4n) is 4.97. The van der Waals surface area contributed by atoms with Gasteiger partial charge in [0.15, 0.2) is 0 Å². The number of aliphatic carboxylic acids is 1. The molecule has 4 bridgehead atoms. The molecule has 0 saturated heterocycles. The molecule has 4 fully saturated rings. The van der Waals surface area contributed by atoms with Crippen LogP contribution in [0.25, 0.3) is 0 Å². The second-order valence-electron chi connectivity index (χ2n) is 7.49. The molecule has 0 heterocycles. The normalized spacial score (nSPS) is 39.2. The summed E-state index contributed by atoms with van der Waals surface area (Å²) < 4.78 is 5.66. The summed E-state index contributed by atoms with van der Waals surface area (Å²) in [4.78, 5) is 23.6. The molecule has 0 spiro atoms. The summed E-state index contributed by atoms with van der Waals surface area (Å²) in [5.74, 6) is 0.950. The first kappa shape index (κ1) is 13.9. The van der Waals surface area contributed by atoms with Gasteiger partial charge in [0, 0.05) is 0 Å². The quantitative estimate of drug-likeness (QED) is 0.786. The van der Waals surface area contributed by atoms with Gasteiger partial charge in [0.05, 0.1) is 11.8 Å². The zero-order valence-corrected chi connectivity index (χ0v) is 12.3. The van der Waals surface area contributed by atoms with Crippen molar-refractivity contribution in [2.45, 2.75) is 58.5 Å². The third kappa shape index (κ3) is 2.13. The molecule has 0 aromatic carbocycles. The summed E-state index contributed by atoms with van der Waals surface area (Å²) in [6.07, 6.45) is 5.02. The minimum Gasteiger partial charge on any atom is -0.481 e. The van der Waals surface area contributed by atoms with Gasteiger partial charge in [0.1, 0.15) is 6.10 Å². The molecule has 3 unspecified atom stereocenters. The van der Waals surface area contributed by atoms with Crippen molar-refractivity contribution in [2.24, 2.45) is 29.1 Å². The number of ether oxygens (including phenoxy) is 1. The van der Waals surface area contributed by atoms with Gasteiger partial charge in [0.2, 0.25) is 0 Å². The number of carboxylic acid groups (broad SMARTS) is 1. The summed E-state index contributed by atoms with van der Waals surface area (Å²) in [5.41, 5.74) is -0.265. The van der Waals surface area contributed by atoms with E-state index in [4.69, 9.17) is 9.84 Å². The Kier molecular flexibility index (Phi) is 3.30. The molecule has 0 aromatic heterocycles. The van der Waals surface area contributed by atoms with E-state index >= 15 is 0 Å². The van der Waals surface area contributed by atoms with E-state index in [1.807, 2.05) is 13.8 Å². The smallest absolute Gasteiger partial charge is 0.312 e.